The predicted octanol–water partition coefficient (Wildman–Crippen LogP) is 8.64. The van der Waals surface area contributed by atoms with Crippen LogP contribution >= 0.6 is 0 Å². The molecule has 2 aromatic carbocycles. The highest BCUT2D eigenvalue weighted by Crippen LogP contribution is 2.46. The Kier molecular flexibility index (Phi) is 16.1. The summed E-state index contributed by atoms with van der Waals surface area (Å²) in [5, 5.41) is 22.2. The lowest BCUT2D eigenvalue weighted by molar-refractivity contribution is -0.134. The van der Waals surface area contributed by atoms with Crippen LogP contribution in [0.1, 0.15) is 154 Å². The average Bonchev–Trinajstić information content (AvgIpc) is 3.01. The summed E-state index contributed by atoms with van der Waals surface area (Å²) in [5.74, 6) is -5.33. The van der Waals surface area contributed by atoms with Crippen molar-refractivity contribution in [1.29, 1.82) is 0 Å². The van der Waals surface area contributed by atoms with Crippen LogP contribution in [0.5, 0.6) is 17.2 Å². The van der Waals surface area contributed by atoms with Crippen LogP contribution in [0.4, 0.5) is 0 Å². The summed E-state index contributed by atoms with van der Waals surface area (Å²) in [4.78, 5) is 53.8. The lowest BCUT2D eigenvalue weighted by Gasteiger charge is -2.20. The van der Waals surface area contributed by atoms with E-state index in [-0.39, 0.29) is 25.9 Å². The summed E-state index contributed by atoms with van der Waals surface area (Å²) >= 11 is 0. The molecule has 0 radical (unpaired) electrons. The minimum atomic E-state index is -1.02. The second-order valence-electron chi connectivity index (χ2n) is 11.0. The summed E-state index contributed by atoms with van der Waals surface area (Å²) in [7, 11) is 0. The van der Waals surface area contributed by atoms with E-state index in [2.05, 4.69) is 0 Å². The number of hydrogen-bond donors (Lipinski definition) is 2. The molecule has 0 unspecified atom stereocenters. The maximum atomic E-state index is 13.7. The first-order chi connectivity index (χ1) is 20.8. The lowest BCUT2D eigenvalue weighted by Crippen LogP contribution is -2.21. The highest BCUT2D eigenvalue weighted by atomic mass is 16.5. The molecular weight excluding hydrogens is 548 g/mol. The SMILES string of the molecule is CCCCCCC(=O)Oc1c(O)c(O)c(C(=O)CCCCCC)c(C(=O)OCc2ccccc2)c1C(=O)CCCCCC. The number of carbonyl (C=O) groups excluding carboxylic acids is 4. The van der Waals surface area contributed by atoms with Gasteiger partial charge in [-0.3, -0.25) is 14.4 Å². The molecule has 0 aliphatic rings. The number of carbonyl (C=O) groups is 4. The summed E-state index contributed by atoms with van der Waals surface area (Å²) in [6, 6.07) is 8.89. The highest BCUT2D eigenvalue weighted by Gasteiger charge is 2.36. The third-order valence-corrected chi connectivity index (χ3v) is 7.34. The van der Waals surface area contributed by atoms with Gasteiger partial charge in [-0.2, -0.15) is 0 Å². The van der Waals surface area contributed by atoms with Crippen molar-refractivity contribution >= 4 is 23.5 Å². The Labute approximate surface area is 255 Å². The van der Waals surface area contributed by atoms with E-state index < -0.39 is 57.4 Å². The van der Waals surface area contributed by atoms with Gasteiger partial charge in [-0.15, -0.1) is 0 Å². The van der Waals surface area contributed by atoms with E-state index in [1.165, 1.54) is 0 Å². The van der Waals surface area contributed by atoms with Gasteiger partial charge < -0.3 is 19.7 Å². The number of phenols is 2. The Morgan fingerprint density at radius 3 is 1.65 bits per heavy atom. The second-order valence-corrected chi connectivity index (χ2v) is 11.0. The zero-order valence-corrected chi connectivity index (χ0v) is 26.0. The van der Waals surface area contributed by atoms with Gasteiger partial charge in [0, 0.05) is 19.3 Å². The number of Topliss-reactive ketones (excluding diaryl/α,β-unsaturated/α-hetero) is 2. The number of ketones is 2. The molecule has 0 aliphatic carbocycles. The minimum Gasteiger partial charge on any atom is -0.504 e. The molecule has 0 saturated carbocycles. The summed E-state index contributed by atoms with van der Waals surface area (Å²) < 4.78 is 11.1. The molecule has 0 bridgehead atoms. The van der Waals surface area contributed by atoms with Crippen LogP contribution in [-0.2, 0) is 16.1 Å². The van der Waals surface area contributed by atoms with E-state index in [1.807, 2.05) is 26.8 Å². The van der Waals surface area contributed by atoms with Gasteiger partial charge >= 0.3 is 11.9 Å². The second kappa shape index (κ2) is 19.5. The first kappa shape index (κ1) is 35.5. The van der Waals surface area contributed by atoms with Gasteiger partial charge in [0.1, 0.15) is 6.61 Å². The fourth-order valence-electron chi connectivity index (χ4n) is 4.87. The number of hydrogen-bond acceptors (Lipinski definition) is 8. The van der Waals surface area contributed by atoms with Crippen molar-refractivity contribution in [3.05, 3.63) is 52.6 Å². The van der Waals surface area contributed by atoms with Gasteiger partial charge in [-0.1, -0.05) is 109 Å². The Morgan fingerprint density at radius 2 is 1.12 bits per heavy atom. The number of phenolic OH excluding ortho intramolecular Hbond substituents is 2. The van der Waals surface area contributed by atoms with E-state index in [0.29, 0.717) is 24.8 Å². The molecule has 0 spiro atoms. The van der Waals surface area contributed by atoms with Crippen LogP contribution in [-0.4, -0.2) is 33.7 Å². The van der Waals surface area contributed by atoms with Crippen LogP contribution in [0, 0.1) is 0 Å². The third-order valence-electron chi connectivity index (χ3n) is 7.34. The molecule has 8 nitrogen and oxygen atoms in total. The lowest BCUT2D eigenvalue weighted by atomic mass is 9.89. The van der Waals surface area contributed by atoms with Gasteiger partial charge in [0.05, 0.1) is 16.7 Å². The Balaban J connectivity index is 2.63. The molecule has 0 aromatic heterocycles. The van der Waals surface area contributed by atoms with Crippen LogP contribution in [0.25, 0.3) is 0 Å². The Bertz CT molecular complexity index is 1200. The smallest absolute Gasteiger partial charge is 0.340 e. The van der Waals surface area contributed by atoms with Gasteiger partial charge in [0.25, 0.3) is 0 Å². The van der Waals surface area contributed by atoms with Crippen molar-refractivity contribution in [1.82, 2.24) is 0 Å². The van der Waals surface area contributed by atoms with Crippen molar-refractivity contribution in [2.24, 2.45) is 0 Å². The molecule has 0 aliphatic heterocycles. The van der Waals surface area contributed by atoms with E-state index in [9.17, 15) is 29.4 Å². The molecule has 0 atom stereocenters. The normalized spacial score (nSPS) is 10.9. The van der Waals surface area contributed by atoms with E-state index in [1.54, 1.807) is 24.3 Å². The van der Waals surface area contributed by atoms with Gasteiger partial charge in [0.15, 0.2) is 23.1 Å². The average molecular weight is 597 g/mol. The van der Waals surface area contributed by atoms with Crippen LogP contribution in [0.3, 0.4) is 0 Å². The van der Waals surface area contributed by atoms with Crippen molar-refractivity contribution in [2.45, 2.75) is 124 Å². The Hall–Kier alpha value is -3.68. The standard InChI is InChI=1S/C35H48O8/c1-4-7-10-16-21-26(36)29-31(35(41)42-24-25-19-14-13-15-20-25)30(27(37)22-17-11-8-5-2)34(33(40)32(29)39)43-28(38)23-18-12-9-6-3/h13-15,19-20,39-40H,4-12,16-18,21-24H2,1-3H3. The van der Waals surface area contributed by atoms with E-state index in [4.69, 9.17) is 9.47 Å². The largest absolute Gasteiger partial charge is 0.504 e. The maximum absolute atomic E-state index is 13.7. The summed E-state index contributed by atoms with van der Waals surface area (Å²) in [5.41, 5.74) is -0.672. The topological polar surface area (TPSA) is 127 Å². The molecule has 43 heavy (non-hydrogen) atoms. The molecule has 0 saturated heterocycles. The highest BCUT2D eigenvalue weighted by molar-refractivity contribution is 6.17. The van der Waals surface area contributed by atoms with Crippen molar-refractivity contribution in [2.75, 3.05) is 0 Å². The van der Waals surface area contributed by atoms with Gasteiger partial charge in [-0.05, 0) is 24.8 Å². The first-order valence-corrected chi connectivity index (χ1v) is 15.9. The molecule has 2 rings (SSSR count). The van der Waals surface area contributed by atoms with Crippen molar-refractivity contribution < 1.29 is 38.9 Å². The fraction of sp³-hybridized carbons (Fsp3) is 0.543. The molecule has 8 heteroatoms. The molecule has 0 amide bonds. The molecule has 0 fully saturated rings. The van der Waals surface area contributed by atoms with Crippen LogP contribution < -0.4 is 4.74 Å². The van der Waals surface area contributed by atoms with Crippen LogP contribution in [0.2, 0.25) is 0 Å². The molecular formula is C35H48O8. The summed E-state index contributed by atoms with van der Waals surface area (Å²) in [6.45, 7) is 5.97. The van der Waals surface area contributed by atoms with E-state index in [0.717, 1.165) is 57.8 Å². The number of unbranched alkanes of at least 4 members (excludes halogenated alkanes) is 9. The number of esters is 2. The van der Waals surface area contributed by atoms with Gasteiger partial charge in [-0.25, -0.2) is 4.79 Å². The zero-order chi connectivity index (χ0) is 31.6. The fourth-order valence-corrected chi connectivity index (χ4v) is 4.87. The van der Waals surface area contributed by atoms with Crippen LogP contribution in [0.15, 0.2) is 30.3 Å². The molecule has 0 heterocycles. The maximum Gasteiger partial charge on any atom is 0.340 e. The Morgan fingerprint density at radius 1 is 0.605 bits per heavy atom. The minimum absolute atomic E-state index is 0.00559. The monoisotopic (exact) mass is 596 g/mol. The van der Waals surface area contributed by atoms with Gasteiger partial charge in [0.2, 0.25) is 5.75 Å². The number of aromatic hydroxyl groups is 2. The van der Waals surface area contributed by atoms with Crippen molar-refractivity contribution in [3.63, 3.8) is 0 Å². The number of ether oxygens (including phenoxy) is 2. The predicted molar refractivity (Wildman–Crippen MR) is 166 cm³/mol. The first-order valence-electron chi connectivity index (χ1n) is 15.9. The quantitative estimate of drug-likeness (QED) is 0.0482. The third kappa shape index (κ3) is 11.2. The zero-order valence-electron chi connectivity index (χ0n) is 26.0. The molecule has 2 aromatic rings. The number of rotatable bonds is 21. The molecule has 236 valence electrons. The van der Waals surface area contributed by atoms with Crippen molar-refractivity contribution in [3.8, 4) is 17.2 Å². The molecule has 2 N–H and O–H groups in total. The number of benzene rings is 2. The van der Waals surface area contributed by atoms with E-state index >= 15 is 0 Å². The summed E-state index contributed by atoms with van der Waals surface area (Å²) in [6.07, 6.45) is 9.50.